The molecule has 0 N–H and O–H groups in total. The fourth-order valence-corrected chi connectivity index (χ4v) is 2.71. The first kappa shape index (κ1) is 16.3. The summed E-state index contributed by atoms with van der Waals surface area (Å²) in [5.74, 6) is 0.356. The van der Waals surface area contributed by atoms with Crippen LogP contribution in [0.25, 0.3) is 22.8 Å². The van der Waals surface area contributed by atoms with Crippen molar-refractivity contribution in [2.75, 3.05) is 12.9 Å². The zero-order valence-electron chi connectivity index (χ0n) is 13.5. The summed E-state index contributed by atoms with van der Waals surface area (Å²) in [6.45, 7) is 2.06. The van der Waals surface area contributed by atoms with Crippen LogP contribution in [0.2, 0.25) is 0 Å². The second kappa shape index (κ2) is 7.36. The summed E-state index contributed by atoms with van der Waals surface area (Å²) >= 11 is 1.66. The molecule has 3 rings (SSSR count). The molecule has 1 heterocycles. The Balaban J connectivity index is 2.06. The van der Waals surface area contributed by atoms with E-state index in [-0.39, 0.29) is 12.3 Å². The lowest BCUT2D eigenvalue weighted by Crippen LogP contribution is -2.06. The average molecular weight is 339 g/mol. The van der Waals surface area contributed by atoms with Gasteiger partial charge in [0.1, 0.15) is 0 Å². The summed E-state index contributed by atoms with van der Waals surface area (Å²) in [5, 5.41) is 0. The number of hydrogen-bond acceptors (Lipinski definition) is 5. The number of thioether (sulfide) groups is 1. The van der Waals surface area contributed by atoms with Crippen LogP contribution in [0.1, 0.15) is 17.4 Å². The van der Waals surface area contributed by atoms with Gasteiger partial charge in [-0.1, -0.05) is 30.3 Å². The lowest BCUT2D eigenvalue weighted by Gasteiger charge is -2.00. The number of carbonyl (C=O) groups is 1. The van der Waals surface area contributed by atoms with Gasteiger partial charge in [-0.15, -0.1) is 11.8 Å². The smallest absolute Gasteiger partial charge is 0.361 e. The zero-order valence-corrected chi connectivity index (χ0v) is 14.3. The first-order valence-corrected chi connectivity index (χ1v) is 8.83. The number of aromatic nitrogens is 1. The molecule has 3 aromatic rings. The standard InChI is InChI=1S/C19H17NO3S/c1-3-22-19(21)16-17(13-7-5-4-6-8-13)23-18(20-16)14-9-11-15(24-2)12-10-14/h4-12H,3H2,1-2H3. The number of nitrogens with zero attached hydrogens (tertiary/aromatic N) is 1. The SMILES string of the molecule is CCOC(=O)c1nc(-c2ccc(SC)cc2)oc1-c1ccccc1. The molecule has 0 spiro atoms. The molecule has 0 amide bonds. The Kier molecular flexibility index (Phi) is 5.01. The fraction of sp³-hybridized carbons (Fsp3) is 0.158. The van der Waals surface area contributed by atoms with Crippen molar-refractivity contribution in [1.82, 2.24) is 4.98 Å². The summed E-state index contributed by atoms with van der Waals surface area (Å²) in [4.78, 5) is 17.8. The molecule has 0 saturated heterocycles. The van der Waals surface area contributed by atoms with Crippen molar-refractivity contribution in [1.29, 1.82) is 0 Å². The van der Waals surface area contributed by atoms with Gasteiger partial charge in [0.25, 0.3) is 0 Å². The first-order valence-electron chi connectivity index (χ1n) is 7.60. The lowest BCUT2D eigenvalue weighted by atomic mass is 10.1. The van der Waals surface area contributed by atoms with Gasteiger partial charge in [-0.2, -0.15) is 0 Å². The predicted molar refractivity (Wildman–Crippen MR) is 95.1 cm³/mol. The molecule has 1 aromatic heterocycles. The minimum absolute atomic E-state index is 0.201. The van der Waals surface area contributed by atoms with E-state index in [1.807, 2.05) is 60.9 Å². The van der Waals surface area contributed by atoms with E-state index in [1.54, 1.807) is 18.7 Å². The monoisotopic (exact) mass is 339 g/mol. The van der Waals surface area contributed by atoms with Gasteiger partial charge in [-0.05, 0) is 37.4 Å². The maximum atomic E-state index is 12.2. The number of rotatable bonds is 5. The van der Waals surface area contributed by atoms with Gasteiger partial charge in [0.05, 0.1) is 6.61 Å². The quantitative estimate of drug-likeness (QED) is 0.488. The highest BCUT2D eigenvalue weighted by Crippen LogP contribution is 2.31. The number of esters is 1. The molecule has 0 aliphatic rings. The van der Waals surface area contributed by atoms with Crippen LogP contribution in [0.3, 0.4) is 0 Å². The molecule has 0 fully saturated rings. The van der Waals surface area contributed by atoms with E-state index in [2.05, 4.69) is 4.98 Å². The highest BCUT2D eigenvalue weighted by molar-refractivity contribution is 7.98. The maximum absolute atomic E-state index is 12.2. The van der Waals surface area contributed by atoms with Crippen LogP contribution in [0, 0.1) is 0 Å². The third kappa shape index (κ3) is 3.36. The normalized spacial score (nSPS) is 10.6. The van der Waals surface area contributed by atoms with E-state index in [1.165, 1.54) is 0 Å². The Morgan fingerprint density at radius 1 is 1.08 bits per heavy atom. The van der Waals surface area contributed by atoms with E-state index >= 15 is 0 Å². The molecule has 0 aliphatic heterocycles. The number of benzene rings is 2. The van der Waals surface area contributed by atoms with Crippen LogP contribution < -0.4 is 0 Å². The Morgan fingerprint density at radius 2 is 1.79 bits per heavy atom. The van der Waals surface area contributed by atoms with Crippen molar-refractivity contribution in [3.8, 4) is 22.8 Å². The molecule has 0 atom stereocenters. The second-order valence-electron chi connectivity index (χ2n) is 5.01. The molecule has 24 heavy (non-hydrogen) atoms. The van der Waals surface area contributed by atoms with Crippen LogP contribution >= 0.6 is 11.8 Å². The topological polar surface area (TPSA) is 52.3 Å². The maximum Gasteiger partial charge on any atom is 0.361 e. The van der Waals surface area contributed by atoms with Crippen molar-refractivity contribution in [2.45, 2.75) is 11.8 Å². The Bertz CT molecular complexity index is 826. The van der Waals surface area contributed by atoms with Gasteiger partial charge in [-0.3, -0.25) is 0 Å². The van der Waals surface area contributed by atoms with Crippen LogP contribution in [-0.4, -0.2) is 23.8 Å². The van der Waals surface area contributed by atoms with Crippen LogP contribution in [0.4, 0.5) is 0 Å². The van der Waals surface area contributed by atoms with Crippen LogP contribution in [-0.2, 0) is 4.74 Å². The van der Waals surface area contributed by atoms with Crippen molar-refractivity contribution < 1.29 is 13.9 Å². The van der Waals surface area contributed by atoms with Gasteiger partial charge in [-0.25, -0.2) is 9.78 Å². The summed E-state index contributed by atoms with van der Waals surface area (Å²) in [6.07, 6.45) is 2.02. The third-order valence-electron chi connectivity index (χ3n) is 3.47. The Labute approximate surface area is 144 Å². The minimum atomic E-state index is -0.480. The summed E-state index contributed by atoms with van der Waals surface area (Å²) in [6, 6.07) is 17.3. The van der Waals surface area contributed by atoms with Crippen molar-refractivity contribution in [2.24, 2.45) is 0 Å². The highest BCUT2D eigenvalue weighted by Gasteiger charge is 2.23. The average Bonchev–Trinajstić information content (AvgIpc) is 3.08. The van der Waals surface area contributed by atoms with Crippen molar-refractivity contribution >= 4 is 17.7 Å². The zero-order chi connectivity index (χ0) is 16.9. The summed E-state index contributed by atoms with van der Waals surface area (Å²) < 4.78 is 11.0. The van der Waals surface area contributed by atoms with E-state index in [0.717, 1.165) is 16.0 Å². The molecule has 0 unspecified atom stereocenters. The van der Waals surface area contributed by atoms with Crippen LogP contribution in [0.5, 0.6) is 0 Å². The summed E-state index contributed by atoms with van der Waals surface area (Å²) in [5.41, 5.74) is 1.81. The molecule has 122 valence electrons. The molecule has 0 saturated carbocycles. The first-order chi connectivity index (χ1) is 11.7. The third-order valence-corrected chi connectivity index (χ3v) is 4.21. The van der Waals surface area contributed by atoms with Gasteiger partial charge in [0, 0.05) is 16.0 Å². The molecule has 0 bridgehead atoms. The van der Waals surface area contributed by atoms with E-state index in [9.17, 15) is 4.79 Å². The molecule has 2 aromatic carbocycles. The molecule has 5 heteroatoms. The fourth-order valence-electron chi connectivity index (χ4n) is 2.30. The van der Waals surface area contributed by atoms with E-state index in [0.29, 0.717) is 11.7 Å². The van der Waals surface area contributed by atoms with E-state index < -0.39 is 5.97 Å². The molecule has 4 nitrogen and oxygen atoms in total. The molecule has 0 aliphatic carbocycles. The number of oxazole rings is 1. The largest absolute Gasteiger partial charge is 0.461 e. The lowest BCUT2D eigenvalue weighted by molar-refractivity contribution is 0.0520. The Hall–Kier alpha value is -2.53. The van der Waals surface area contributed by atoms with Crippen molar-refractivity contribution in [3.05, 3.63) is 60.3 Å². The minimum Gasteiger partial charge on any atom is -0.461 e. The second-order valence-corrected chi connectivity index (χ2v) is 5.89. The molecular weight excluding hydrogens is 322 g/mol. The van der Waals surface area contributed by atoms with Crippen LogP contribution in [0.15, 0.2) is 63.9 Å². The van der Waals surface area contributed by atoms with Crippen molar-refractivity contribution in [3.63, 3.8) is 0 Å². The van der Waals surface area contributed by atoms with E-state index in [4.69, 9.17) is 9.15 Å². The highest BCUT2D eigenvalue weighted by atomic mass is 32.2. The number of carbonyl (C=O) groups excluding carboxylic acids is 1. The molecular formula is C19H17NO3S. The Morgan fingerprint density at radius 3 is 2.42 bits per heavy atom. The van der Waals surface area contributed by atoms with Gasteiger partial charge in [0.2, 0.25) is 5.89 Å². The predicted octanol–water partition coefficient (Wildman–Crippen LogP) is 4.91. The van der Waals surface area contributed by atoms with Gasteiger partial charge >= 0.3 is 5.97 Å². The summed E-state index contributed by atoms with van der Waals surface area (Å²) in [7, 11) is 0. The van der Waals surface area contributed by atoms with Gasteiger partial charge in [0.15, 0.2) is 11.5 Å². The molecule has 0 radical (unpaired) electrons. The van der Waals surface area contributed by atoms with Gasteiger partial charge < -0.3 is 9.15 Å². The number of ether oxygens (including phenoxy) is 1. The number of hydrogen-bond donors (Lipinski definition) is 0.